The summed E-state index contributed by atoms with van der Waals surface area (Å²) in [6, 6.07) is 10.8. The Hall–Kier alpha value is -0.823. The Bertz CT molecular complexity index is 379. The highest BCUT2D eigenvalue weighted by atomic mass is 28.3. The molecule has 1 rings (SSSR count). The van der Waals surface area contributed by atoms with E-state index in [4.69, 9.17) is 0 Å². The van der Waals surface area contributed by atoms with Crippen LogP contribution in [0, 0.1) is 0 Å². The van der Waals surface area contributed by atoms with E-state index in [2.05, 4.69) is 83.6 Å². The number of allylic oxidation sites excluding steroid dienone is 1. The molecule has 1 heteroatoms. The van der Waals surface area contributed by atoms with Crippen LogP contribution in [-0.2, 0) is 6.42 Å². The molecule has 0 fully saturated rings. The molecular formula is C19H32Si. The Kier molecular flexibility index (Phi) is 6.74. The number of aryl methyl sites for hydroxylation is 1. The fraction of sp³-hybridized carbons (Fsp3) is 0.579. The predicted octanol–water partition coefficient (Wildman–Crippen LogP) is 6.39. The van der Waals surface area contributed by atoms with Gasteiger partial charge < -0.3 is 0 Å². The van der Waals surface area contributed by atoms with Gasteiger partial charge in [0.1, 0.15) is 0 Å². The van der Waals surface area contributed by atoms with Crippen molar-refractivity contribution in [2.45, 2.75) is 71.0 Å². The quantitative estimate of drug-likeness (QED) is 0.510. The molecule has 0 heterocycles. The van der Waals surface area contributed by atoms with Crippen molar-refractivity contribution in [3.8, 4) is 0 Å². The first-order valence-electron chi connectivity index (χ1n) is 8.12. The zero-order valence-corrected chi connectivity index (χ0v) is 15.2. The Morgan fingerprint density at radius 3 is 1.80 bits per heavy atom. The summed E-state index contributed by atoms with van der Waals surface area (Å²) in [4.78, 5) is 0. The van der Waals surface area contributed by atoms with Crippen molar-refractivity contribution in [2.24, 2.45) is 0 Å². The molecule has 0 spiro atoms. The van der Waals surface area contributed by atoms with Crippen LogP contribution in [0.5, 0.6) is 0 Å². The van der Waals surface area contributed by atoms with Gasteiger partial charge in [0, 0.05) is 0 Å². The van der Waals surface area contributed by atoms with Crippen LogP contribution in [0.15, 0.2) is 42.1 Å². The molecule has 1 aromatic carbocycles. The van der Waals surface area contributed by atoms with Crippen LogP contribution in [0.3, 0.4) is 0 Å². The first-order valence-corrected chi connectivity index (χ1v) is 10.4. The summed E-state index contributed by atoms with van der Waals surface area (Å²) in [6.45, 7) is 14.5. The highest BCUT2D eigenvalue weighted by Gasteiger charge is 2.39. The lowest BCUT2D eigenvalue weighted by atomic mass is 10.1. The second-order valence-electron chi connectivity index (χ2n) is 6.89. The van der Waals surface area contributed by atoms with Crippen LogP contribution in [0.2, 0.25) is 16.6 Å². The lowest BCUT2D eigenvalue weighted by molar-refractivity contribution is 0.831. The first-order chi connectivity index (χ1) is 9.41. The Labute approximate surface area is 127 Å². The average Bonchev–Trinajstić information content (AvgIpc) is 2.38. The normalized spacial score (nSPS) is 13.1. The van der Waals surface area contributed by atoms with Crippen LogP contribution >= 0.6 is 0 Å². The minimum Gasteiger partial charge on any atom is -0.0974 e. The number of hydrogen-bond donors (Lipinski definition) is 0. The predicted molar refractivity (Wildman–Crippen MR) is 95.0 cm³/mol. The first kappa shape index (κ1) is 17.2. The standard InChI is InChI=1S/C19H32Si/c1-16(2)20(17(3)4,18(5)6)15-11-10-14-19-12-8-7-9-13-19/h7-9,11-13,15-18H,10,14H2,1-6H3/b15-11+. The maximum absolute atomic E-state index is 2.65. The number of benzene rings is 1. The summed E-state index contributed by atoms with van der Waals surface area (Å²) in [6.07, 6.45) is 4.81. The van der Waals surface area contributed by atoms with Crippen molar-refractivity contribution in [3.63, 3.8) is 0 Å². The summed E-state index contributed by atoms with van der Waals surface area (Å²) >= 11 is 0. The third-order valence-electron chi connectivity index (χ3n) is 4.85. The summed E-state index contributed by atoms with van der Waals surface area (Å²) in [5, 5.41) is 0. The van der Waals surface area contributed by atoms with Gasteiger partial charge in [-0.2, -0.15) is 0 Å². The van der Waals surface area contributed by atoms with Crippen LogP contribution in [0.4, 0.5) is 0 Å². The van der Waals surface area contributed by atoms with E-state index in [9.17, 15) is 0 Å². The van der Waals surface area contributed by atoms with Gasteiger partial charge in [-0.1, -0.05) is 83.6 Å². The van der Waals surface area contributed by atoms with Crippen LogP contribution in [0.25, 0.3) is 0 Å². The topological polar surface area (TPSA) is 0 Å². The number of hydrogen-bond acceptors (Lipinski definition) is 0. The van der Waals surface area contributed by atoms with Crippen molar-refractivity contribution >= 4 is 8.07 Å². The van der Waals surface area contributed by atoms with Gasteiger partial charge in [0.05, 0.1) is 8.07 Å². The van der Waals surface area contributed by atoms with Gasteiger partial charge in [-0.3, -0.25) is 0 Å². The molecule has 0 radical (unpaired) electrons. The number of rotatable bonds is 7. The fourth-order valence-electron chi connectivity index (χ4n) is 3.76. The molecule has 1 aromatic rings. The van der Waals surface area contributed by atoms with Crippen molar-refractivity contribution < 1.29 is 0 Å². The summed E-state index contributed by atoms with van der Waals surface area (Å²) in [7, 11) is -1.35. The van der Waals surface area contributed by atoms with Crippen LogP contribution in [0.1, 0.15) is 53.5 Å². The zero-order chi connectivity index (χ0) is 15.2. The van der Waals surface area contributed by atoms with Gasteiger partial charge in [0.2, 0.25) is 0 Å². The van der Waals surface area contributed by atoms with E-state index in [1.165, 1.54) is 12.0 Å². The van der Waals surface area contributed by atoms with Gasteiger partial charge >= 0.3 is 0 Å². The van der Waals surface area contributed by atoms with Gasteiger partial charge in [-0.25, -0.2) is 0 Å². The lowest BCUT2D eigenvalue weighted by Crippen LogP contribution is -2.42. The second-order valence-corrected chi connectivity index (χ2v) is 12.7. The largest absolute Gasteiger partial charge is 0.0974 e. The molecular weight excluding hydrogens is 256 g/mol. The zero-order valence-electron chi connectivity index (χ0n) is 14.2. The van der Waals surface area contributed by atoms with E-state index in [1.54, 1.807) is 0 Å². The summed E-state index contributed by atoms with van der Waals surface area (Å²) < 4.78 is 0. The van der Waals surface area contributed by atoms with E-state index in [1.807, 2.05) is 0 Å². The highest BCUT2D eigenvalue weighted by molar-refractivity contribution is 6.87. The molecule has 0 aliphatic heterocycles. The molecule has 0 aliphatic carbocycles. The molecule has 112 valence electrons. The molecule has 0 aliphatic rings. The molecule has 0 aromatic heterocycles. The Morgan fingerprint density at radius 1 is 0.850 bits per heavy atom. The maximum atomic E-state index is 2.65. The SMILES string of the molecule is CC(C)[Si](/C=C/CCc1ccccc1)(C(C)C)C(C)C. The van der Waals surface area contributed by atoms with Gasteiger partial charge in [-0.15, -0.1) is 0 Å². The average molecular weight is 289 g/mol. The maximum Gasteiger partial charge on any atom is 0.0849 e. The molecule has 0 amide bonds. The molecule has 20 heavy (non-hydrogen) atoms. The van der Waals surface area contributed by atoms with Crippen LogP contribution < -0.4 is 0 Å². The summed E-state index contributed by atoms with van der Waals surface area (Å²) in [5.74, 6) is 0. The summed E-state index contributed by atoms with van der Waals surface area (Å²) in [5.41, 5.74) is 6.54. The van der Waals surface area contributed by atoms with Gasteiger partial charge in [-0.05, 0) is 35.0 Å². The van der Waals surface area contributed by atoms with E-state index >= 15 is 0 Å². The Morgan fingerprint density at radius 2 is 1.35 bits per heavy atom. The van der Waals surface area contributed by atoms with E-state index in [0.717, 1.165) is 23.0 Å². The van der Waals surface area contributed by atoms with Gasteiger partial charge in [0.25, 0.3) is 0 Å². The second kappa shape index (κ2) is 7.83. The van der Waals surface area contributed by atoms with E-state index < -0.39 is 8.07 Å². The smallest absolute Gasteiger partial charge is 0.0849 e. The molecule has 0 saturated heterocycles. The van der Waals surface area contributed by atoms with Gasteiger partial charge in [0.15, 0.2) is 0 Å². The molecule has 0 unspecified atom stereocenters. The van der Waals surface area contributed by atoms with E-state index in [0.29, 0.717) is 0 Å². The van der Waals surface area contributed by atoms with Crippen molar-refractivity contribution in [2.75, 3.05) is 0 Å². The minimum atomic E-state index is -1.35. The lowest BCUT2D eigenvalue weighted by Gasteiger charge is -2.40. The van der Waals surface area contributed by atoms with Crippen molar-refractivity contribution in [1.82, 2.24) is 0 Å². The molecule has 0 saturated carbocycles. The molecule has 0 nitrogen and oxygen atoms in total. The fourth-order valence-corrected chi connectivity index (χ4v) is 9.49. The van der Waals surface area contributed by atoms with Crippen molar-refractivity contribution in [3.05, 3.63) is 47.7 Å². The van der Waals surface area contributed by atoms with Crippen LogP contribution in [-0.4, -0.2) is 8.07 Å². The Balaban J connectivity index is 2.73. The molecule has 0 N–H and O–H groups in total. The third-order valence-corrected chi connectivity index (χ3v) is 11.7. The molecule has 0 bridgehead atoms. The van der Waals surface area contributed by atoms with Crippen molar-refractivity contribution in [1.29, 1.82) is 0 Å². The van der Waals surface area contributed by atoms with E-state index in [-0.39, 0.29) is 0 Å². The minimum absolute atomic E-state index is 0.815. The highest BCUT2D eigenvalue weighted by Crippen LogP contribution is 2.42. The monoisotopic (exact) mass is 288 g/mol. The third kappa shape index (κ3) is 4.08. The molecule has 0 atom stereocenters.